The van der Waals surface area contributed by atoms with Gasteiger partial charge in [-0.1, -0.05) is 24.3 Å². The van der Waals surface area contributed by atoms with E-state index in [0.717, 1.165) is 12.1 Å². The molecule has 1 aliphatic heterocycles. The van der Waals surface area contributed by atoms with Gasteiger partial charge in [0.25, 0.3) is 0 Å². The van der Waals surface area contributed by atoms with Crippen LogP contribution in [0.5, 0.6) is 0 Å². The van der Waals surface area contributed by atoms with Gasteiger partial charge in [-0.2, -0.15) is 0 Å². The molecule has 0 aliphatic carbocycles. The van der Waals surface area contributed by atoms with Gasteiger partial charge in [-0.3, -0.25) is 4.79 Å². The molecule has 2 rings (SSSR count). The van der Waals surface area contributed by atoms with E-state index in [1.807, 2.05) is 38.1 Å². The molecule has 4 nitrogen and oxygen atoms in total. The molecule has 1 amide bonds. The number of rotatable bonds is 3. The summed E-state index contributed by atoms with van der Waals surface area (Å²) in [5, 5.41) is 6.14. The average Bonchev–Trinajstić information content (AvgIpc) is 2.38. The smallest absolute Gasteiger partial charge is 0.240 e. The molecule has 0 radical (unpaired) electrons. The molecule has 2 N–H and O–H groups in total. The number of carbonyl (C=O) groups is 1. The van der Waals surface area contributed by atoms with Gasteiger partial charge in [-0.05, 0) is 25.0 Å². The van der Waals surface area contributed by atoms with Gasteiger partial charge in [-0.15, -0.1) is 12.4 Å². The second kappa shape index (κ2) is 7.48. The second-order valence-corrected chi connectivity index (χ2v) is 4.65. The molecule has 19 heavy (non-hydrogen) atoms. The quantitative estimate of drug-likeness (QED) is 0.882. The summed E-state index contributed by atoms with van der Waals surface area (Å²) in [5.74, 6) is 0.00505. The van der Waals surface area contributed by atoms with Crippen LogP contribution in [0.3, 0.4) is 0 Å². The van der Waals surface area contributed by atoms with Crippen LogP contribution in [0.2, 0.25) is 0 Å². The summed E-state index contributed by atoms with van der Waals surface area (Å²) in [5.41, 5.74) is 2.34. The zero-order valence-electron chi connectivity index (χ0n) is 11.3. The van der Waals surface area contributed by atoms with Gasteiger partial charge in [0.2, 0.25) is 5.91 Å². The Bertz CT molecular complexity index is 426. The summed E-state index contributed by atoms with van der Waals surface area (Å²) in [6.07, 6.45) is -0.0735. The van der Waals surface area contributed by atoms with Gasteiger partial charge >= 0.3 is 0 Å². The van der Waals surface area contributed by atoms with Gasteiger partial charge in [0.05, 0.1) is 12.7 Å². The fourth-order valence-corrected chi connectivity index (χ4v) is 2.13. The SMILES string of the molecule is Cc1ccccc1CNC(=O)[C@H]1NCCO[C@@H]1C.Cl. The van der Waals surface area contributed by atoms with Gasteiger partial charge < -0.3 is 15.4 Å². The molecular weight excluding hydrogens is 264 g/mol. The van der Waals surface area contributed by atoms with Crippen LogP contribution in [-0.2, 0) is 16.1 Å². The van der Waals surface area contributed by atoms with E-state index in [-0.39, 0.29) is 30.5 Å². The van der Waals surface area contributed by atoms with E-state index in [9.17, 15) is 4.79 Å². The Morgan fingerprint density at radius 2 is 2.21 bits per heavy atom. The number of nitrogens with one attached hydrogen (secondary N) is 2. The zero-order valence-corrected chi connectivity index (χ0v) is 12.1. The lowest BCUT2D eigenvalue weighted by molar-refractivity contribution is -0.129. The third kappa shape index (κ3) is 4.20. The van der Waals surface area contributed by atoms with Crippen molar-refractivity contribution in [3.05, 3.63) is 35.4 Å². The first-order valence-corrected chi connectivity index (χ1v) is 6.35. The topological polar surface area (TPSA) is 50.4 Å². The van der Waals surface area contributed by atoms with E-state index in [2.05, 4.69) is 10.6 Å². The van der Waals surface area contributed by atoms with Crippen molar-refractivity contribution in [2.45, 2.75) is 32.5 Å². The number of hydrogen-bond donors (Lipinski definition) is 2. The van der Waals surface area contributed by atoms with Gasteiger partial charge in [-0.25, -0.2) is 0 Å². The van der Waals surface area contributed by atoms with Crippen LogP contribution in [0.1, 0.15) is 18.1 Å². The van der Waals surface area contributed by atoms with E-state index < -0.39 is 0 Å². The summed E-state index contributed by atoms with van der Waals surface area (Å²) in [7, 11) is 0. The molecule has 106 valence electrons. The molecule has 1 fully saturated rings. The Kier molecular flexibility index (Phi) is 6.28. The second-order valence-electron chi connectivity index (χ2n) is 4.65. The average molecular weight is 285 g/mol. The highest BCUT2D eigenvalue weighted by molar-refractivity contribution is 5.85. The zero-order chi connectivity index (χ0) is 13.0. The Balaban J connectivity index is 0.00000180. The van der Waals surface area contributed by atoms with Crippen molar-refractivity contribution in [2.75, 3.05) is 13.2 Å². The first-order valence-electron chi connectivity index (χ1n) is 6.35. The minimum atomic E-state index is -0.247. The molecule has 1 saturated heterocycles. The monoisotopic (exact) mass is 284 g/mol. The van der Waals surface area contributed by atoms with Crippen LogP contribution in [0.25, 0.3) is 0 Å². The maximum atomic E-state index is 12.0. The molecule has 1 aliphatic rings. The van der Waals surface area contributed by atoms with Crippen LogP contribution < -0.4 is 10.6 Å². The highest BCUT2D eigenvalue weighted by Crippen LogP contribution is 2.08. The van der Waals surface area contributed by atoms with Crippen LogP contribution in [0.15, 0.2) is 24.3 Å². The Labute approximate surface area is 120 Å². The van der Waals surface area contributed by atoms with Crippen molar-refractivity contribution in [3.8, 4) is 0 Å². The third-order valence-corrected chi connectivity index (χ3v) is 3.31. The molecule has 0 bridgehead atoms. The van der Waals surface area contributed by atoms with Crippen molar-refractivity contribution >= 4 is 18.3 Å². The first kappa shape index (κ1) is 16.0. The summed E-state index contributed by atoms with van der Waals surface area (Å²) in [6.45, 7) is 5.93. The number of carbonyl (C=O) groups excluding carboxylic acids is 1. The minimum Gasteiger partial charge on any atom is -0.375 e. The largest absolute Gasteiger partial charge is 0.375 e. The third-order valence-electron chi connectivity index (χ3n) is 3.31. The molecule has 2 atom stereocenters. The number of ether oxygens (including phenoxy) is 1. The number of amides is 1. The molecule has 5 heteroatoms. The molecule has 0 saturated carbocycles. The summed E-state index contributed by atoms with van der Waals surface area (Å²) in [6, 6.07) is 7.82. The van der Waals surface area contributed by atoms with Gasteiger partial charge in [0.1, 0.15) is 6.04 Å². The maximum Gasteiger partial charge on any atom is 0.240 e. The fourth-order valence-electron chi connectivity index (χ4n) is 2.13. The van der Waals surface area contributed by atoms with E-state index >= 15 is 0 Å². The highest BCUT2D eigenvalue weighted by Gasteiger charge is 2.27. The molecule has 1 aromatic rings. The number of aryl methyl sites for hydroxylation is 1. The molecule has 1 heterocycles. The van der Waals surface area contributed by atoms with Crippen LogP contribution in [0.4, 0.5) is 0 Å². The minimum absolute atomic E-state index is 0. The van der Waals surface area contributed by atoms with E-state index in [1.54, 1.807) is 0 Å². The van der Waals surface area contributed by atoms with Crippen LogP contribution in [0, 0.1) is 6.92 Å². The lowest BCUT2D eigenvalue weighted by Gasteiger charge is -2.29. The first-order chi connectivity index (χ1) is 8.68. The van der Waals surface area contributed by atoms with Gasteiger partial charge in [0, 0.05) is 13.1 Å². The van der Waals surface area contributed by atoms with Crippen LogP contribution >= 0.6 is 12.4 Å². The van der Waals surface area contributed by atoms with Gasteiger partial charge in [0.15, 0.2) is 0 Å². The molecule has 1 aromatic carbocycles. The molecule has 0 unspecified atom stereocenters. The number of hydrogen-bond acceptors (Lipinski definition) is 3. The highest BCUT2D eigenvalue weighted by atomic mass is 35.5. The standard InChI is InChI=1S/C14H20N2O2.ClH/c1-10-5-3-4-6-12(10)9-16-14(17)13-11(2)18-8-7-15-13;/h3-6,11,13,15H,7-9H2,1-2H3,(H,16,17);1H/t11-,13+;/m1./s1. The number of morpholine rings is 1. The van der Waals surface area contributed by atoms with Crippen molar-refractivity contribution in [1.82, 2.24) is 10.6 Å². The number of benzene rings is 1. The van der Waals surface area contributed by atoms with Crippen molar-refractivity contribution in [1.29, 1.82) is 0 Å². The van der Waals surface area contributed by atoms with Crippen molar-refractivity contribution < 1.29 is 9.53 Å². The van der Waals surface area contributed by atoms with E-state index in [4.69, 9.17) is 4.74 Å². The maximum absolute atomic E-state index is 12.0. The van der Waals surface area contributed by atoms with Crippen LogP contribution in [-0.4, -0.2) is 31.2 Å². The van der Waals surface area contributed by atoms with Crippen molar-refractivity contribution in [2.24, 2.45) is 0 Å². The predicted octanol–water partition coefficient (Wildman–Crippen LogP) is 1.41. The summed E-state index contributed by atoms with van der Waals surface area (Å²) >= 11 is 0. The Hall–Kier alpha value is -1.10. The normalized spacial score (nSPS) is 22.4. The lowest BCUT2D eigenvalue weighted by Crippen LogP contribution is -2.55. The Morgan fingerprint density at radius 1 is 1.47 bits per heavy atom. The fraction of sp³-hybridized carbons (Fsp3) is 0.500. The lowest BCUT2D eigenvalue weighted by atomic mass is 10.1. The summed E-state index contributed by atoms with van der Waals surface area (Å²) < 4.78 is 5.46. The molecular formula is C14H21ClN2O2. The summed E-state index contributed by atoms with van der Waals surface area (Å²) in [4.78, 5) is 12.0. The van der Waals surface area contributed by atoms with E-state index in [0.29, 0.717) is 13.2 Å². The molecule has 0 spiro atoms. The van der Waals surface area contributed by atoms with E-state index in [1.165, 1.54) is 5.56 Å². The molecule has 0 aromatic heterocycles. The van der Waals surface area contributed by atoms with Crippen molar-refractivity contribution in [3.63, 3.8) is 0 Å². The predicted molar refractivity (Wildman–Crippen MR) is 77.5 cm³/mol. The number of halogens is 1. The Morgan fingerprint density at radius 3 is 2.89 bits per heavy atom.